The summed E-state index contributed by atoms with van der Waals surface area (Å²) in [6.45, 7) is 3.95. The van der Waals surface area contributed by atoms with Crippen LogP contribution in [0.2, 0.25) is 0 Å². The maximum atomic E-state index is 12.7. The van der Waals surface area contributed by atoms with E-state index in [1.807, 2.05) is 50.2 Å². The standard InChI is InChI=1S/C21H18Cl3IN2O/c1-13-12-18(14(2)27(13)17-10-8-16(25)9-11-17)19(21(22,23)24)26-20(28)15-6-4-3-5-7-15/h3-12,19H,1-2H3,(H,26,28). The van der Waals surface area contributed by atoms with Gasteiger partial charge < -0.3 is 9.88 Å². The number of carbonyl (C=O) groups is 1. The number of benzene rings is 2. The molecule has 3 aromatic rings. The maximum Gasteiger partial charge on any atom is 0.251 e. The van der Waals surface area contributed by atoms with Gasteiger partial charge in [-0.25, -0.2) is 0 Å². The van der Waals surface area contributed by atoms with E-state index in [1.54, 1.807) is 24.3 Å². The molecule has 1 atom stereocenters. The highest BCUT2D eigenvalue weighted by molar-refractivity contribution is 14.1. The minimum atomic E-state index is -1.71. The Balaban J connectivity index is 2.01. The number of hydrogen-bond acceptors (Lipinski definition) is 1. The fraction of sp³-hybridized carbons (Fsp3) is 0.190. The monoisotopic (exact) mass is 546 g/mol. The predicted octanol–water partition coefficient (Wildman–Crippen LogP) is 6.54. The molecule has 0 saturated carbocycles. The SMILES string of the molecule is Cc1cc(C(NC(=O)c2ccccc2)C(Cl)(Cl)Cl)c(C)n1-c1ccc(I)cc1. The lowest BCUT2D eigenvalue weighted by Gasteiger charge is -2.26. The van der Waals surface area contributed by atoms with E-state index in [-0.39, 0.29) is 5.91 Å². The number of nitrogens with zero attached hydrogens (tertiary/aromatic N) is 1. The van der Waals surface area contributed by atoms with E-state index in [2.05, 4.69) is 32.5 Å². The van der Waals surface area contributed by atoms with Gasteiger partial charge in [0.15, 0.2) is 0 Å². The van der Waals surface area contributed by atoms with Crippen molar-refractivity contribution in [1.29, 1.82) is 0 Å². The summed E-state index contributed by atoms with van der Waals surface area (Å²) in [6, 6.07) is 18.2. The average molecular weight is 548 g/mol. The number of alkyl halides is 3. The molecule has 0 spiro atoms. The van der Waals surface area contributed by atoms with Crippen LogP contribution in [0.1, 0.15) is 33.4 Å². The quantitative estimate of drug-likeness (QED) is 0.292. The Labute approximate surface area is 193 Å². The molecule has 146 valence electrons. The third-order valence-electron chi connectivity index (χ3n) is 4.50. The Hall–Kier alpha value is -1.21. The van der Waals surface area contributed by atoms with Crippen LogP contribution in [-0.4, -0.2) is 14.3 Å². The lowest BCUT2D eigenvalue weighted by molar-refractivity contribution is 0.0937. The number of aryl methyl sites for hydroxylation is 1. The largest absolute Gasteiger partial charge is 0.341 e. The molecular formula is C21H18Cl3IN2O. The molecule has 0 aliphatic heterocycles. The third kappa shape index (κ3) is 4.67. The summed E-state index contributed by atoms with van der Waals surface area (Å²) in [7, 11) is 0. The molecule has 0 aliphatic rings. The van der Waals surface area contributed by atoms with E-state index in [0.29, 0.717) is 5.56 Å². The second-order valence-electron chi connectivity index (χ2n) is 6.45. The molecule has 1 aromatic heterocycles. The number of aromatic nitrogens is 1. The molecule has 3 nitrogen and oxygen atoms in total. The lowest BCUT2D eigenvalue weighted by atomic mass is 10.1. The molecule has 1 N–H and O–H groups in total. The van der Waals surface area contributed by atoms with Crippen LogP contribution in [0.3, 0.4) is 0 Å². The highest BCUT2D eigenvalue weighted by Gasteiger charge is 2.37. The number of rotatable bonds is 4. The Morgan fingerprint density at radius 2 is 1.64 bits per heavy atom. The van der Waals surface area contributed by atoms with Crippen molar-refractivity contribution >= 4 is 63.3 Å². The van der Waals surface area contributed by atoms with Gasteiger partial charge in [-0.2, -0.15) is 0 Å². The molecule has 1 heterocycles. The molecule has 7 heteroatoms. The zero-order valence-corrected chi connectivity index (χ0v) is 19.6. The van der Waals surface area contributed by atoms with Gasteiger partial charge in [-0.15, -0.1) is 0 Å². The van der Waals surface area contributed by atoms with E-state index in [9.17, 15) is 4.79 Å². The molecule has 0 saturated heterocycles. The van der Waals surface area contributed by atoms with Crippen molar-refractivity contribution in [2.75, 3.05) is 0 Å². The summed E-state index contributed by atoms with van der Waals surface area (Å²) in [6.07, 6.45) is 0. The lowest BCUT2D eigenvalue weighted by Crippen LogP contribution is -2.36. The smallest absolute Gasteiger partial charge is 0.251 e. The molecule has 1 amide bonds. The van der Waals surface area contributed by atoms with Crippen LogP contribution in [0.25, 0.3) is 5.69 Å². The fourth-order valence-electron chi connectivity index (χ4n) is 3.21. The number of amides is 1. The van der Waals surface area contributed by atoms with E-state index in [4.69, 9.17) is 34.8 Å². The van der Waals surface area contributed by atoms with Crippen molar-refractivity contribution in [2.24, 2.45) is 0 Å². The molecule has 0 aliphatic carbocycles. The highest BCUT2D eigenvalue weighted by atomic mass is 127. The van der Waals surface area contributed by atoms with Crippen molar-refractivity contribution < 1.29 is 4.79 Å². The Morgan fingerprint density at radius 3 is 2.21 bits per heavy atom. The molecule has 0 fully saturated rings. The number of carbonyl (C=O) groups excluding carboxylic acids is 1. The zero-order chi connectivity index (χ0) is 20.5. The molecule has 3 rings (SSSR count). The first-order chi connectivity index (χ1) is 13.2. The summed E-state index contributed by atoms with van der Waals surface area (Å²) in [5.74, 6) is -0.295. The van der Waals surface area contributed by atoms with Crippen molar-refractivity contribution in [3.63, 3.8) is 0 Å². The van der Waals surface area contributed by atoms with E-state index in [0.717, 1.165) is 26.2 Å². The summed E-state index contributed by atoms with van der Waals surface area (Å²) in [4.78, 5) is 12.7. The number of hydrogen-bond donors (Lipinski definition) is 1. The van der Waals surface area contributed by atoms with Crippen molar-refractivity contribution in [3.05, 3.63) is 86.7 Å². The van der Waals surface area contributed by atoms with Crippen LogP contribution in [0.4, 0.5) is 0 Å². The van der Waals surface area contributed by atoms with Crippen LogP contribution in [0.5, 0.6) is 0 Å². The fourth-order valence-corrected chi connectivity index (χ4v) is 4.08. The summed E-state index contributed by atoms with van der Waals surface area (Å²) >= 11 is 21.1. The number of nitrogens with one attached hydrogen (secondary N) is 1. The summed E-state index contributed by atoms with van der Waals surface area (Å²) in [5, 5.41) is 2.88. The second kappa shape index (κ2) is 8.66. The van der Waals surface area contributed by atoms with E-state index in [1.165, 1.54) is 0 Å². The molecule has 0 radical (unpaired) electrons. The van der Waals surface area contributed by atoms with Gasteiger partial charge in [-0.1, -0.05) is 53.0 Å². The van der Waals surface area contributed by atoms with Crippen LogP contribution < -0.4 is 5.32 Å². The van der Waals surface area contributed by atoms with Crippen LogP contribution in [-0.2, 0) is 0 Å². The number of halogens is 4. The average Bonchev–Trinajstić information content (AvgIpc) is 2.94. The van der Waals surface area contributed by atoms with Crippen molar-refractivity contribution in [1.82, 2.24) is 9.88 Å². The molecule has 28 heavy (non-hydrogen) atoms. The molecule has 1 unspecified atom stereocenters. The van der Waals surface area contributed by atoms with Gasteiger partial charge in [0.25, 0.3) is 5.91 Å². The first-order valence-corrected chi connectivity index (χ1v) is 10.8. The second-order valence-corrected chi connectivity index (χ2v) is 10.1. The van der Waals surface area contributed by atoms with Crippen LogP contribution in [0.15, 0.2) is 60.7 Å². The Kier molecular flexibility index (Phi) is 6.65. The third-order valence-corrected chi connectivity index (χ3v) is 5.88. The van der Waals surface area contributed by atoms with Gasteiger partial charge in [0, 0.05) is 26.2 Å². The molecular weight excluding hydrogens is 530 g/mol. The predicted molar refractivity (Wildman–Crippen MR) is 125 cm³/mol. The van der Waals surface area contributed by atoms with Crippen LogP contribution >= 0.6 is 57.4 Å². The summed E-state index contributed by atoms with van der Waals surface area (Å²) < 4.78 is 1.53. The molecule has 0 bridgehead atoms. The van der Waals surface area contributed by atoms with Gasteiger partial charge in [-0.3, -0.25) is 4.79 Å². The molecule has 2 aromatic carbocycles. The van der Waals surface area contributed by atoms with Crippen LogP contribution in [0, 0.1) is 17.4 Å². The maximum absolute atomic E-state index is 12.7. The first-order valence-electron chi connectivity index (χ1n) is 8.56. The summed E-state index contributed by atoms with van der Waals surface area (Å²) in [5.41, 5.74) is 4.18. The van der Waals surface area contributed by atoms with E-state index < -0.39 is 9.83 Å². The van der Waals surface area contributed by atoms with Gasteiger partial charge in [-0.05, 0) is 84.5 Å². The topological polar surface area (TPSA) is 34.0 Å². The normalized spacial score (nSPS) is 12.6. The Bertz CT molecular complexity index is 979. The van der Waals surface area contributed by atoms with E-state index >= 15 is 0 Å². The Morgan fingerprint density at radius 1 is 1.04 bits per heavy atom. The van der Waals surface area contributed by atoms with Gasteiger partial charge in [0.1, 0.15) is 6.04 Å². The first kappa shape index (κ1) is 21.5. The minimum absolute atomic E-state index is 0.295. The van der Waals surface area contributed by atoms with Gasteiger partial charge in [0.2, 0.25) is 3.79 Å². The van der Waals surface area contributed by atoms with Crippen molar-refractivity contribution in [3.8, 4) is 5.69 Å². The minimum Gasteiger partial charge on any atom is -0.341 e. The van der Waals surface area contributed by atoms with Gasteiger partial charge in [0.05, 0.1) is 0 Å². The zero-order valence-electron chi connectivity index (χ0n) is 15.2. The van der Waals surface area contributed by atoms with Gasteiger partial charge >= 0.3 is 0 Å². The highest BCUT2D eigenvalue weighted by Crippen LogP contribution is 2.42. The van der Waals surface area contributed by atoms with Crippen molar-refractivity contribution in [2.45, 2.75) is 23.7 Å².